The van der Waals surface area contributed by atoms with Crippen LogP contribution in [-0.2, 0) is 20.5 Å². The Hall–Kier alpha value is -3.83. The molecule has 0 unspecified atom stereocenters. The first kappa shape index (κ1) is 36.5. The maximum atomic E-state index is 15.3. The largest absolute Gasteiger partial charge is 0.506 e. The van der Waals surface area contributed by atoms with Crippen LogP contribution in [0.3, 0.4) is 0 Å². The Balaban J connectivity index is 1.46. The van der Waals surface area contributed by atoms with Crippen LogP contribution in [0.1, 0.15) is 26.3 Å². The van der Waals surface area contributed by atoms with Crippen molar-refractivity contribution in [3.05, 3.63) is 60.0 Å². The number of phenols is 1. The number of aliphatic hydroxyl groups is 1. The summed E-state index contributed by atoms with van der Waals surface area (Å²) in [7, 11) is -1.37. The number of nitrogens with zero attached hydrogens (tertiary/aromatic N) is 5. The fraction of sp³-hybridized carbons (Fsp3) is 0.457. The summed E-state index contributed by atoms with van der Waals surface area (Å²) in [5.74, 6) is -0.345. The number of halogens is 1. The molecule has 2 aromatic carbocycles. The van der Waals surface area contributed by atoms with Gasteiger partial charge in [-0.15, -0.1) is 0 Å². The van der Waals surface area contributed by atoms with Gasteiger partial charge in [0, 0.05) is 57.4 Å². The number of piperazine rings is 1. The van der Waals surface area contributed by atoms with Crippen LogP contribution in [-0.4, -0.2) is 105 Å². The van der Waals surface area contributed by atoms with E-state index in [9.17, 15) is 9.90 Å². The molecule has 4 aromatic rings. The van der Waals surface area contributed by atoms with Crippen LogP contribution in [0.5, 0.6) is 5.75 Å². The molecule has 1 fully saturated rings. The maximum Gasteiger partial charge on any atom is 0.410 e. The van der Waals surface area contributed by atoms with E-state index >= 15 is 4.39 Å². The van der Waals surface area contributed by atoms with Gasteiger partial charge in [-0.05, 0) is 56.6 Å². The minimum Gasteiger partial charge on any atom is -0.506 e. The second-order valence-corrected chi connectivity index (χ2v) is 20.8. The molecule has 0 spiro atoms. The second kappa shape index (κ2) is 15.4. The first-order chi connectivity index (χ1) is 23.2. The van der Waals surface area contributed by atoms with E-state index in [4.69, 9.17) is 24.1 Å². The number of hydrogen-bond donors (Lipinski definition) is 2. The number of rotatable bonds is 12. The zero-order chi connectivity index (χ0) is 35.3. The Bertz CT molecular complexity index is 1770. The smallest absolute Gasteiger partial charge is 0.410 e. The van der Waals surface area contributed by atoms with Gasteiger partial charge in [0.25, 0.3) is 0 Å². The van der Waals surface area contributed by atoms with Gasteiger partial charge in [0.15, 0.2) is 0 Å². The van der Waals surface area contributed by atoms with E-state index in [1.165, 1.54) is 6.07 Å². The normalized spacial score (nSPS) is 14.1. The van der Waals surface area contributed by atoms with Gasteiger partial charge < -0.3 is 33.9 Å². The summed E-state index contributed by atoms with van der Waals surface area (Å²) in [6, 6.07) is 13.1. The molecule has 2 radical (unpaired) electrons. The molecule has 14 heteroatoms. The van der Waals surface area contributed by atoms with Crippen molar-refractivity contribution in [1.29, 1.82) is 0 Å². The zero-order valence-electron chi connectivity index (χ0n) is 29.1. The standard InChI is InChI=1S/C35H46FN5O6Si2/c1-35(2,3)47-34(44)40-14-12-39(13-15-40)29-11-10-24(20-31(29)43)33-26-21-28(32-25(23-45-17-16-42)8-7-9-27(32)36)37-22-30(26)41(38-33)48-46-18-19-49(4,5)6/h7-11,20-22,42-43H,12-19,23H2,1-6H3. The topological polar surface area (TPSA) is 122 Å². The number of phenolic OH excluding ortho intramolecular Hbond substituents is 1. The number of aromatic nitrogens is 3. The molecule has 2 N–H and O–H groups in total. The van der Waals surface area contributed by atoms with Crippen LogP contribution < -0.4 is 4.90 Å². The van der Waals surface area contributed by atoms with Crippen LogP contribution >= 0.6 is 0 Å². The number of carbonyl (C=O) groups is 1. The molecule has 3 heterocycles. The van der Waals surface area contributed by atoms with Crippen LogP contribution in [0.25, 0.3) is 33.4 Å². The summed E-state index contributed by atoms with van der Waals surface area (Å²) in [6.07, 6.45) is 1.34. The highest BCUT2D eigenvalue weighted by atomic mass is 28.3. The molecule has 5 rings (SSSR count). The Labute approximate surface area is 290 Å². The van der Waals surface area contributed by atoms with Crippen molar-refractivity contribution in [1.82, 2.24) is 19.3 Å². The summed E-state index contributed by atoms with van der Waals surface area (Å²) in [5.41, 5.74) is 3.45. The first-order valence-corrected chi connectivity index (χ1v) is 21.1. The number of amides is 1. The average molecular weight is 708 g/mol. The molecule has 49 heavy (non-hydrogen) atoms. The highest BCUT2D eigenvalue weighted by Gasteiger charge is 2.27. The van der Waals surface area contributed by atoms with Crippen molar-refractivity contribution in [2.24, 2.45) is 0 Å². The molecular formula is C35H46FN5O6Si2. The van der Waals surface area contributed by atoms with Gasteiger partial charge >= 0.3 is 16.0 Å². The number of fused-ring (bicyclic) bond motifs is 1. The van der Waals surface area contributed by atoms with E-state index in [1.54, 1.807) is 33.6 Å². The number of pyridine rings is 1. The molecule has 0 atom stereocenters. The van der Waals surface area contributed by atoms with Crippen molar-refractivity contribution < 1.29 is 33.3 Å². The third-order valence-electron chi connectivity index (χ3n) is 8.04. The number of aliphatic hydroxyl groups excluding tert-OH is 1. The molecule has 262 valence electrons. The van der Waals surface area contributed by atoms with E-state index in [0.717, 1.165) is 16.9 Å². The lowest BCUT2D eigenvalue weighted by atomic mass is 10.0. The number of carbonyl (C=O) groups excluding carboxylic acids is 1. The fourth-order valence-corrected chi connectivity index (χ4v) is 7.17. The van der Waals surface area contributed by atoms with E-state index in [0.29, 0.717) is 66.6 Å². The van der Waals surface area contributed by atoms with Crippen LogP contribution in [0.15, 0.2) is 48.7 Å². The van der Waals surface area contributed by atoms with Gasteiger partial charge in [0.1, 0.15) is 17.2 Å². The quantitative estimate of drug-likeness (QED) is 0.137. The van der Waals surface area contributed by atoms with Gasteiger partial charge in [0.05, 0.1) is 48.6 Å². The average Bonchev–Trinajstić information content (AvgIpc) is 3.40. The van der Waals surface area contributed by atoms with Gasteiger partial charge in [-0.1, -0.05) is 37.8 Å². The second-order valence-electron chi connectivity index (χ2n) is 14.3. The molecule has 0 bridgehead atoms. The van der Waals surface area contributed by atoms with Crippen molar-refractivity contribution >= 4 is 40.7 Å². The lowest BCUT2D eigenvalue weighted by Crippen LogP contribution is -2.50. The predicted octanol–water partition coefficient (Wildman–Crippen LogP) is 5.91. The van der Waals surface area contributed by atoms with Crippen LogP contribution in [0, 0.1) is 5.82 Å². The van der Waals surface area contributed by atoms with E-state index in [-0.39, 0.29) is 41.6 Å². The Morgan fingerprint density at radius 1 is 1.06 bits per heavy atom. The maximum absolute atomic E-state index is 15.3. The van der Waals surface area contributed by atoms with Crippen molar-refractivity contribution in [2.75, 3.05) is 50.9 Å². The molecule has 1 saturated heterocycles. The summed E-state index contributed by atoms with van der Waals surface area (Å²) in [5, 5.41) is 26.1. The molecular weight excluding hydrogens is 662 g/mol. The predicted molar refractivity (Wildman–Crippen MR) is 192 cm³/mol. The Morgan fingerprint density at radius 2 is 1.82 bits per heavy atom. The Kier molecular flexibility index (Phi) is 11.4. The summed E-state index contributed by atoms with van der Waals surface area (Å²) in [4.78, 5) is 20.9. The van der Waals surface area contributed by atoms with Gasteiger partial charge in [-0.2, -0.15) is 5.10 Å². The highest BCUT2D eigenvalue weighted by molar-refractivity contribution is 6.76. The SMILES string of the molecule is CC(C)(C)OC(=O)N1CCN(c2ccc(-c3nn([Si]OCC[Si](C)(C)C)c4cnc(-c5c(F)cccc5COCCO)cc34)cc2O)CC1. The molecule has 1 amide bonds. The highest BCUT2D eigenvalue weighted by Crippen LogP contribution is 2.37. The third kappa shape index (κ3) is 9.25. The van der Waals surface area contributed by atoms with E-state index in [1.807, 2.05) is 43.9 Å². The number of hydrogen-bond acceptors (Lipinski definition) is 9. The van der Waals surface area contributed by atoms with E-state index < -0.39 is 19.5 Å². The monoisotopic (exact) mass is 707 g/mol. The van der Waals surface area contributed by atoms with Gasteiger partial charge in [-0.3, -0.25) is 9.33 Å². The third-order valence-corrected chi connectivity index (χ3v) is 10.6. The summed E-state index contributed by atoms with van der Waals surface area (Å²) < 4.78 is 34.3. The molecule has 0 aliphatic carbocycles. The zero-order valence-corrected chi connectivity index (χ0v) is 31.1. The molecule has 0 saturated carbocycles. The van der Waals surface area contributed by atoms with Crippen LogP contribution in [0.2, 0.25) is 25.7 Å². The number of anilines is 1. The summed E-state index contributed by atoms with van der Waals surface area (Å²) >= 11 is 0. The minimum atomic E-state index is -1.29. The molecule has 1 aliphatic rings. The lowest BCUT2D eigenvalue weighted by Gasteiger charge is -2.37. The molecule has 11 nitrogen and oxygen atoms in total. The molecule has 1 aliphatic heterocycles. The number of benzene rings is 2. The van der Waals surface area contributed by atoms with Crippen molar-refractivity contribution in [3.63, 3.8) is 0 Å². The first-order valence-electron chi connectivity index (χ1n) is 16.5. The van der Waals surface area contributed by atoms with Gasteiger partial charge in [0.2, 0.25) is 0 Å². The minimum absolute atomic E-state index is 0.0852. The summed E-state index contributed by atoms with van der Waals surface area (Å²) in [6.45, 7) is 15.2. The lowest BCUT2D eigenvalue weighted by molar-refractivity contribution is 0.0240. The van der Waals surface area contributed by atoms with Crippen LogP contribution in [0.4, 0.5) is 14.9 Å². The van der Waals surface area contributed by atoms with Crippen molar-refractivity contribution in [3.8, 4) is 28.3 Å². The van der Waals surface area contributed by atoms with E-state index in [2.05, 4.69) is 24.6 Å². The molecule has 2 aromatic heterocycles. The number of aromatic hydroxyl groups is 1. The van der Waals surface area contributed by atoms with Gasteiger partial charge in [-0.25, -0.2) is 9.18 Å². The number of ether oxygens (including phenoxy) is 2. The fourth-order valence-electron chi connectivity index (χ4n) is 5.52. The Morgan fingerprint density at radius 3 is 2.49 bits per heavy atom. The van der Waals surface area contributed by atoms with Crippen molar-refractivity contribution in [2.45, 2.75) is 58.7 Å².